The third kappa shape index (κ3) is 6.22. The van der Waals surface area contributed by atoms with Gasteiger partial charge in [0, 0.05) is 31.2 Å². The molecular weight excluding hydrogens is 438 g/mol. The lowest BCUT2D eigenvalue weighted by molar-refractivity contribution is -0.384. The third-order valence-electron chi connectivity index (χ3n) is 4.56. The van der Waals surface area contributed by atoms with Crippen LogP contribution in [0.3, 0.4) is 0 Å². The van der Waals surface area contributed by atoms with Gasteiger partial charge in [0.2, 0.25) is 17.7 Å². The van der Waals surface area contributed by atoms with Crippen molar-refractivity contribution in [3.63, 3.8) is 0 Å². The molecule has 0 aliphatic carbocycles. The molecule has 3 rings (SSSR count). The van der Waals surface area contributed by atoms with Crippen molar-refractivity contribution in [1.82, 2.24) is 21.1 Å². The van der Waals surface area contributed by atoms with E-state index >= 15 is 0 Å². The highest BCUT2D eigenvalue weighted by atomic mass is 32.1. The predicted octanol–water partition coefficient (Wildman–Crippen LogP) is 1.27. The van der Waals surface area contributed by atoms with Crippen LogP contribution in [0.4, 0.5) is 5.69 Å². The van der Waals surface area contributed by atoms with Crippen LogP contribution in [-0.4, -0.2) is 39.2 Å². The molecule has 0 radical (unpaired) electrons. The van der Waals surface area contributed by atoms with Gasteiger partial charge >= 0.3 is 0 Å². The molecule has 1 aliphatic heterocycles. The number of amides is 3. The lowest BCUT2D eigenvalue weighted by Gasteiger charge is -2.15. The zero-order valence-corrected chi connectivity index (χ0v) is 17.5. The second-order valence-corrected chi connectivity index (χ2v) is 7.28. The molecule has 1 unspecified atom stereocenters. The first-order valence-electron chi connectivity index (χ1n) is 9.45. The number of rotatable bonds is 6. The molecule has 2 heterocycles. The maximum absolute atomic E-state index is 12.3. The standard InChI is InChI=1S/C20H19N5O6S/c26-17(7-6-13-3-1-4-15(9-13)25(29)30)21-20(32)23-22-19(28)14-10-18(27)24(11-14)12-16-5-2-8-31-16/h1-9,14H,10-12H2,(H,22,28)(H2,21,23,26,32)/b7-6+. The minimum Gasteiger partial charge on any atom is -0.467 e. The summed E-state index contributed by atoms with van der Waals surface area (Å²) in [7, 11) is 0. The van der Waals surface area contributed by atoms with Crippen LogP contribution in [0, 0.1) is 16.0 Å². The van der Waals surface area contributed by atoms with E-state index < -0.39 is 22.7 Å². The Labute approximate surface area is 187 Å². The van der Waals surface area contributed by atoms with Gasteiger partial charge in [-0.2, -0.15) is 0 Å². The maximum Gasteiger partial charge on any atom is 0.270 e. The number of hydrogen-bond acceptors (Lipinski definition) is 7. The number of likely N-dealkylation sites (tertiary alicyclic amines) is 1. The van der Waals surface area contributed by atoms with Crippen LogP contribution in [0.2, 0.25) is 0 Å². The van der Waals surface area contributed by atoms with Gasteiger partial charge in [0.05, 0.1) is 23.6 Å². The molecule has 1 fully saturated rings. The van der Waals surface area contributed by atoms with E-state index in [4.69, 9.17) is 16.6 Å². The maximum atomic E-state index is 12.3. The summed E-state index contributed by atoms with van der Waals surface area (Å²) in [4.78, 5) is 48.1. The van der Waals surface area contributed by atoms with Gasteiger partial charge in [0.1, 0.15) is 5.76 Å². The first kappa shape index (κ1) is 22.6. The van der Waals surface area contributed by atoms with Gasteiger partial charge in [-0.25, -0.2) is 0 Å². The fourth-order valence-corrected chi connectivity index (χ4v) is 3.16. The summed E-state index contributed by atoms with van der Waals surface area (Å²) in [6, 6.07) is 9.23. The smallest absolute Gasteiger partial charge is 0.270 e. The monoisotopic (exact) mass is 457 g/mol. The first-order chi connectivity index (χ1) is 15.3. The van der Waals surface area contributed by atoms with Crippen molar-refractivity contribution < 1.29 is 23.7 Å². The number of nitrogens with zero attached hydrogens (tertiary/aromatic N) is 2. The molecule has 3 N–H and O–H groups in total. The van der Waals surface area contributed by atoms with E-state index in [2.05, 4.69) is 16.2 Å². The molecular formula is C20H19N5O6S. The van der Waals surface area contributed by atoms with E-state index in [9.17, 15) is 24.5 Å². The molecule has 12 heteroatoms. The first-order valence-corrected chi connectivity index (χ1v) is 9.86. The molecule has 0 bridgehead atoms. The minimum atomic E-state index is -0.594. The third-order valence-corrected chi connectivity index (χ3v) is 4.76. The number of nitro groups is 1. The second kappa shape index (κ2) is 10.3. The Balaban J connectivity index is 1.42. The molecule has 11 nitrogen and oxygen atoms in total. The summed E-state index contributed by atoms with van der Waals surface area (Å²) in [6.07, 6.45) is 4.11. The van der Waals surface area contributed by atoms with Crippen molar-refractivity contribution in [2.75, 3.05) is 6.54 Å². The number of furan rings is 1. The highest BCUT2D eigenvalue weighted by Gasteiger charge is 2.34. The number of benzene rings is 1. The number of carbonyl (C=O) groups is 3. The lowest BCUT2D eigenvalue weighted by Crippen LogP contribution is -2.50. The van der Waals surface area contributed by atoms with E-state index in [0.717, 1.165) is 6.08 Å². The van der Waals surface area contributed by atoms with Crippen LogP contribution >= 0.6 is 12.2 Å². The van der Waals surface area contributed by atoms with Gasteiger partial charge in [0.25, 0.3) is 5.69 Å². The zero-order valence-electron chi connectivity index (χ0n) is 16.6. The Morgan fingerprint density at radius 1 is 1.28 bits per heavy atom. The van der Waals surface area contributed by atoms with Crippen molar-refractivity contribution in [1.29, 1.82) is 0 Å². The number of non-ortho nitro benzene ring substituents is 1. The van der Waals surface area contributed by atoms with Crippen LogP contribution < -0.4 is 16.2 Å². The summed E-state index contributed by atoms with van der Waals surface area (Å²) >= 11 is 4.96. The van der Waals surface area contributed by atoms with Crippen molar-refractivity contribution in [3.05, 3.63) is 70.2 Å². The molecule has 1 aromatic carbocycles. The average molecular weight is 457 g/mol. The highest BCUT2D eigenvalue weighted by molar-refractivity contribution is 7.80. The summed E-state index contributed by atoms with van der Waals surface area (Å²) in [5, 5.41) is 13.0. The number of thiocarbonyl (C=S) groups is 1. The van der Waals surface area contributed by atoms with Gasteiger partial charge in [0.15, 0.2) is 5.11 Å². The van der Waals surface area contributed by atoms with Gasteiger partial charge in [-0.05, 0) is 36.0 Å². The van der Waals surface area contributed by atoms with E-state index in [1.54, 1.807) is 18.2 Å². The van der Waals surface area contributed by atoms with E-state index in [1.165, 1.54) is 35.4 Å². The van der Waals surface area contributed by atoms with Gasteiger partial charge in [-0.15, -0.1) is 0 Å². The Morgan fingerprint density at radius 3 is 2.81 bits per heavy atom. The van der Waals surface area contributed by atoms with Crippen LogP contribution in [0.25, 0.3) is 6.08 Å². The van der Waals surface area contributed by atoms with Crippen molar-refractivity contribution in [2.45, 2.75) is 13.0 Å². The van der Waals surface area contributed by atoms with E-state index in [-0.39, 0.29) is 36.2 Å². The molecule has 0 saturated carbocycles. The number of hydrogen-bond donors (Lipinski definition) is 3. The SMILES string of the molecule is O=C(/C=C/c1cccc([N+](=O)[O-])c1)NC(=S)NNC(=O)C1CC(=O)N(Cc2ccco2)C1. The predicted molar refractivity (Wildman–Crippen MR) is 116 cm³/mol. The summed E-state index contributed by atoms with van der Waals surface area (Å²) in [5.74, 6) is -1.14. The van der Waals surface area contributed by atoms with Crippen LogP contribution in [-0.2, 0) is 20.9 Å². The zero-order chi connectivity index (χ0) is 23.1. The molecule has 2 aromatic rings. The molecule has 1 aliphatic rings. The molecule has 166 valence electrons. The van der Waals surface area contributed by atoms with Gasteiger partial charge in [-0.3, -0.25) is 40.7 Å². The van der Waals surface area contributed by atoms with E-state index in [0.29, 0.717) is 11.3 Å². The topological polar surface area (TPSA) is 147 Å². The Kier molecular flexibility index (Phi) is 7.29. The fraction of sp³-hybridized carbons (Fsp3) is 0.200. The van der Waals surface area contributed by atoms with E-state index in [1.807, 2.05) is 0 Å². The number of hydrazine groups is 1. The highest BCUT2D eigenvalue weighted by Crippen LogP contribution is 2.20. The van der Waals surface area contributed by atoms with Crippen LogP contribution in [0.5, 0.6) is 0 Å². The Morgan fingerprint density at radius 2 is 2.09 bits per heavy atom. The Bertz CT molecular complexity index is 1070. The molecule has 32 heavy (non-hydrogen) atoms. The fourth-order valence-electron chi connectivity index (χ4n) is 3.01. The molecule has 1 aromatic heterocycles. The normalized spacial score (nSPS) is 15.6. The number of nitrogens with one attached hydrogen (secondary N) is 3. The second-order valence-electron chi connectivity index (χ2n) is 6.87. The number of carbonyl (C=O) groups excluding carboxylic acids is 3. The summed E-state index contributed by atoms with van der Waals surface area (Å²) in [5.41, 5.74) is 5.16. The molecule has 3 amide bonds. The van der Waals surface area contributed by atoms with Gasteiger partial charge < -0.3 is 9.32 Å². The molecule has 1 atom stereocenters. The Hall–Kier alpha value is -4.06. The summed E-state index contributed by atoms with van der Waals surface area (Å²) in [6.45, 7) is 0.520. The largest absolute Gasteiger partial charge is 0.467 e. The minimum absolute atomic E-state index is 0.0549. The molecule has 1 saturated heterocycles. The molecule has 0 spiro atoms. The van der Waals surface area contributed by atoms with Crippen molar-refractivity contribution in [3.8, 4) is 0 Å². The lowest BCUT2D eigenvalue weighted by atomic mass is 10.1. The van der Waals surface area contributed by atoms with Crippen LogP contribution in [0.15, 0.2) is 53.2 Å². The van der Waals surface area contributed by atoms with Crippen LogP contribution in [0.1, 0.15) is 17.7 Å². The van der Waals surface area contributed by atoms with Crippen molar-refractivity contribution in [2.24, 2.45) is 5.92 Å². The van der Waals surface area contributed by atoms with Crippen molar-refractivity contribution >= 4 is 46.8 Å². The quantitative estimate of drug-likeness (QED) is 0.254. The average Bonchev–Trinajstić information content (AvgIpc) is 3.41. The van der Waals surface area contributed by atoms with Gasteiger partial charge in [-0.1, -0.05) is 12.1 Å². The number of nitro benzene ring substituents is 1. The summed E-state index contributed by atoms with van der Waals surface area (Å²) < 4.78 is 5.22.